The summed E-state index contributed by atoms with van der Waals surface area (Å²) >= 11 is 0. The molecule has 0 spiro atoms. The van der Waals surface area contributed by atoms with E-state index in [4.69, 9.17) is 10.3 Å². The molecule has 1 rings (SSSR count). The van der Waals surface area contributed by atoms with Crippen LogP contribution >= 0.6 is 0 Å². The van der Waals surface area contributed by atoms with Crippen molar-refractivity contribution in [1.29, 1.82) is 0 Å². The van der Waals surface area contributed by atoms with E-state index in [0.29, 0.717) is 17.8 Å². The molecule has 0 aromatic rings. The first-order valence-electron chi connectivity index (χ1n) is 6.82. The molecule has 108 valence electrons. The van der Waals surface area contributed by atoms with Crippen LogP contribution in [0.25, 0.3) is 0 Å². The molecule has 3 N–H and O–H groups in total. The van der Waals surface area contributed by atoms with E-state index in [0.717, 1.165) is 25.2 Å². The van der Waals surface area contributed by atoms with Crippen LogP contribution < -0.4 is 5.73 Å². The van der Waals surface area contributed by atoms with Crippen LogP contribution in [0.5, 0.6) is 0 Å². The average molecular weight is 277 g/mol. The molecule has 1 atom stereocenters. The Kier molecular flexibility index (Phi) is 5.21. The Morgan fingerprint density at radius 2 is 1.72 bits per heavy atom. The molecule has 1 aliphatic carbocycles. The molecule has 1 saturated carbocycles. The highest BCUT2D eigenvalue weighted by Gasteiger charge is 2.30. The largest absolute Gasteiger partial charge is 0.313 e. The summed E-state index contributed by atoms with van der Waals surface area (Å²) in [6, 6.07) is 0. The van der Waals surface area contributed by atoms with Gasteiger partial charge in [0.1, 0.15) is 5.37 Å². The Hall–Kier alpha value is -0.130. The van der Waals surface area contributed by atoms with E-state index in [2.05, 4.69) is 20.8 Å². The minimum Gasteiger partial charge on any atom is -0.313 e. The van der Waals surface area contributed by atoms with Crippen LogP contribution in [0.15, 0.2) is 0 Å². The van der Waals surface area contributed by atoms with Crippen LogP contribution in [-0.2, 0) is 10.1 Å². The predicted octanol–water partition coefficient (Wildman–Crippen LogP) is 2.79. The van der Waals surface area contributed by atoms with Crippen LogP contribution in [0.4, 0.5) is 0 Å². The fourth-order valence-corrected chi connectivity index (χ4v) is 3.30. The van der Waals surface area contributed by atoms with Crippen molar-refractivity contribution >= 4 is 10.1 Å². The lowest BCUT2D eigenvalue weighted by molar-refractivity contribution is 0.145. The summed E-state index contributed by atoms with van der Waals surface area (Å²) in [7, 11) is -4.06. The number of nitrogens with two attached hydrogens (primary N) is 1. The highest BCUT2D eigenvalue weighted by Crippen LogP contribution is 2.41. The lowest BCUT2D eigenvalue weighted by atomic mass is 9.69. The zero-order valence-electron chi connectivity index (χ0n) is 11.7. The third-order valence-electron chi connectivity index (χ3n) is 4.31. The fraction of sp³-hybridized carbons (Fsp3) is 1.00. The second-order valence-corrected chi connectivity index (χ2v) is 8.35. The third-order valence-corrected chi connectivity index (χ3v) is 5.31. The molecule has 0 heterocycles. The predicted molar refractivity (Wildman–Crippen MR) is 73.7 cm³/mol. The molecular weight excluding hydrogens is 250 g/mol. The van der Waals surface area contributed by atoms with E-state index in [1.165, 1.54) is 12.8 Å². The van der Waals surface area contributed by atoms with Gasteiger partial charge in [-0.15, -0.1) is 0 Å². The van der Waals surface area contributed by atoms with E-state index < -0.39 is 15.5 Å². The molecule has 5 heteroatoms. The molecule has 1 unspecified atom stereocenters. The van der Waals surface area contributed by atoms with Crippen LogP contribution in [-0.4, -0.2) is 18.3 Å². The van der Waals surface area contributed by atoms with Crippen molar-refractivity contribution in [2.24, 2.45) is 23.0 Å². The molecule has 0 aromatic heterocycles. The molecule has 0 saturated heterocycles. The quantitative estimate of drug-likeness (QED) is 0.774. The first-order valence-corrected chi connectivity index (χ1v) is 8.33. The van der Waals surface area contributed by atoms with E-state index in [-0.39, 0.29) is 0 Å². The maximum absolute atomic E-state index is 10.8. The van der Waals surface area contributed by atoms with Gasteiger partial charge in [0, 0.05) is 0 Å². The Bertz CT molecular complexity index is 351. The van der Waals surface area contributed by atoms with Crippen molar-refractivity contribution in [1.82, 2.24) is 0 Å². The normalized spacial score (nSPS) is 28.1. The Balaban J connectivity index is 2.33. The van der Waals surface area contributed by atoms with E-state index in [1.807, 2.05) is 0 Å². The van der Waals surface area contributed by atoms with Crippen LogP contribution in [0.2, 0.25) is 0 Å². The standard InChI is InChI=1S/C13H27NO3S/c1-13(2,3)11-7-4-10(5-8-11)6-9-12(14)18(15,16)17/h10-12H,4-9,14H2,1-3H3,(H,15,16,17). The Labute approximate surface area is 111 Å². The van der Waals surface area contributed by atoms with Crippen molar-refractivity contribution < 1.29 is 13.0 Å². The highest BCUT2D eigenvalue weighted by molar-refractivity contribution is 7.86. The molecule has 18 heavy (non-hydrogen) atoms. The summed E-state index contributed by atoms with van der Waals surface area (Å²) in [5.74, 6) is 1.33. The van der Waals surface area contributed by atoms with Crippen molar-refractivity contribution in [3.8, 4) is 0 Å². The third kappa shape index (κ3) is 4.86. The van der Waals surface area contributed by atoms with Crippen molar-refractivity contribution in [3.63, 3.8) is 0 Å². The van der Waals surface area contributed by atoms with Crippen molar-refractivity contribution in [2.45, 2.75) is 64.7 Å². The van der Waals surface area contributed by atoms with Gasteiger partial charge in [0.2, 0.25) is 0 Å². The molecule has 0 amide bonds. The highest BCUT2D eigenvalue weighted by atomic mass is 32.2. The molecular formula is C13H27NO3S. The topological polar surface area (TPSA) is 80.4 Å². The van der Waals surface area contributed by atoms with Gasteiger partial charge < -0.3 is 5.73 Å². The molecule has 0 aromatic carbocycles. The van der Waals surface area contributed by atoms with Gasteiger partial charge in [0.05, 0.1) is 0 Å². The first kappa shape index (κ1) is 15.9. The van der Waals surface area contributed by atoms with Gasteiger partial charge in [-0.3, -0.25) is 4.55 Å². The lowest BCUT2D eigenvalue weighted by Gasteiger charge is -2.37. The Morgan fingerprint density at radius 1 is 1.22 bits per heavy atom. The van der Waals surface area contributed by atoms with Crippen LogP contribution in [0.3, 0.4) is 0 Å². The van der Waals surface area contributed by atoms with E-state index in [9.17, 15) is 8.42 Å². The summed E-state index contributed by atoms with van der Waals surface area (Å²) in [6.45, 7) is 6.85. The molecule has 0 aliphatic heterocycles. The van der Waals surface area contributed by atoms with Gasteiger partial charge in [0.15, 0.2) is 0 Å². The minimum atomic E-state index is -4.06. The second kappa shape index (κ2) is 5.88. The smallest absolute Gasteiger partial charge is 0.280 e. The summed E-state index contributed by atoms with van der Waals surface area (Å²) in [4.78, 5) is 0. The zero-order valence-corrected chi connectivity index (χ0v) is 12.5. The summed E-state index contributed by atoms with van der Waals surface area (Å²) < 4.78 is 30.4. The minimum absolute atomic E-state index is 0.365. The van der Waals surface area contributed by atoms with E-state index >= 15 is 0 Å². The SMILES string of the molecule is CC(C)(C)C1CCC(CCC(N)S(=O)(=O)O)CC1. The Morgan fingerprint density at radius 3 is 2.11 bits per heavy atom. The van der Waals surface area contributed by atoms with E-state index in [1.54, 1.807) is 0 Å². The van der Waals surface area contributed by atoms with Gasteiger partial charge in [-0.05, 0) is 42.9 Å². The van der Waals surface area contributed by atoms with Crippen molar-refractivity contribution in [3.05, 3.63) is 0 Å². The number of hydrogen-bond donors (Lipinski definition) is 2. The average Bonchev–Trinajstić information content (AvgIpc) is 2.24. The number of rotatable bonds is 4. The molecule has 1 fully saturated rings. The van der Waals surface area contributed by atoms with Crippen LogP contribution in [0, 0.1) is 17.3 Å². The second-order valence-electron chi connectivity index (χ2n) is 6.71. The summed E-state index contributed by atoms with van der Waals surface area (Å²) in [5.41, 5.74) is 5.80. The molecule has 0 bridgehead atoms. The molecule has 1 aliphatic rings. The first-order chi connectivity index (χ1) is 8.10. The van der Waals surface area contributed by atoms with Crippen LogP contribution in [0.1, 0.15) is 59.3 Å². The van der Waals surface area contributed by atoms with Gasteiger partial charge in [0.25, 0.3) is 10.1 Å². The fourth-order valence-electron chi connectivity index (χ4n) is 2.87. The summed E-state index contributed by atoms with van der Waals surface area (Å²) in [5, 5.41) is -1.11. The number of hydrogen-bond acceptors (Lipinski definition) is 3. The van der Waals surface area contributed by atoms with Crippen molar-refractivity contribution in [2.75, 3.05) is 0 Å². The molecule has 4 nitrogen and oxygen atoms in total. The zero-order chi connectivity index (χ0) is 14.0. The lowest BCUT2D eigenvalue weighted by Crippen LogP contribution is -2.31. The maximum atomic E-state index is 10.8. The van der Waals surface area contributed by atoms with Gasteiger partial charge in [-0.2, -0.15) is 8.42 Å². The molecule has 0 radical (unpaired) electrons. The van der Waals surface area contributed by atoms with Gasteiger partial charge >= 0.3 is 0 Å². The van der Waals surface area contributed by atoms with Gasteiger partial charge in [-0.1, -0.05) is 33.6 Å². The monoisotopic (exact) mass is 277 g/mol. The maximum Gasteiger partial charge on any atom is 0.280 e. The van der Waals surface area contributed by atoms with Gasteiger partial charge in [-0.25, -0.2) is 0 Å². The summed E-state index contributed by atoms with van der Waals surface area (Å²) in [6.07, 6.45) is 5.91.